The first-order valence-corrected chi connectivity index (χ1v) is 6.09. The zero-order valence-electron chi connectivity index (χ0n) is 8.05. The van der Waals surface area contributed by atoms with Crippen molar-refractivity contribution in [2.24, 2.45) is 4.80 Å². The molecule has 1 unspecified atom stereocenters. The van der Waals surface area contributed by atoms with Crippen LogP contribution < -0.4 is 0 Å². The van der Waals surface area contributed by atoms with Crippen molar-refractivity contribution in [1.82, 2.24) is 0 Å². The third-order valence-corrected chi connectivity index (χ3v) is 4.87. The van der Waals surface area contributed by atoms with Crippen LogP contribution in [0.15, 0.2) is 4.80 Å². The number of hydrogen-bond donors (Lipinski definition) is 0. The SMILES string of the molecule is CCC[Si](=NOC)C(C)CC. The van der Waals surface area contributed by atoms with Crippen molar-refractivity contribution < 1.29 is 4.84 Å². The molecule has 0 aromatic carbocycles. The second kappa shape index (κ2) is 6.52. The van der Waals surface area contributed by atoms with Crippen LogP contribution in [0.1, 0.15) is 33.6 Å². The van der Waals surface area contributed by atoms with Crippen LogP contribution in [0, 0.1) is 0 Å². The molecule has 0 heterocycles. The van der Waals surface area contributed by atoms with Gasteiger partial charge < -0.3 is 4.84 Å². The molecule has 0 rings (SSSR count). The molecule has 66 valence electrons. The Balaban J connectivity index is 3.97. The molecule has 0 aliphatic carbocycles. The van der Waals surface area contributed by atoms with E-state index < -0.39 is 8.59 Å². The van der Waals surface area contributed by atoms with E-state index >= 15 is 0 Å². The monoisotopic (exact) mass is 173 g/mol. The molecule has 0 amide bonds. The first-order valence-electron chi connectivity index (χ1n) is 4.36. The smallest absolute Gasteiger partial charge is 0.183 e. The zero-order valence-corrected chi connectivity index (χ0v) is 9.05. The molecule has 1 atom stereocenters. The third-order valence-electron chi connectivity index (χ3n) is 1.90. The van der Waals surface area contributed by atoms with Gasteiger partial charge in [-0.05, 0) is 11.6 Å². The minimum absolute atomic E-state index is 0.572. The summed E-state index contributed by atoms with van der Waals surface area (Å²) in [5, 5.41) is 0. The Morgan fingerprint density at radius 2 is 2.09 bits per heavy atom. The van der Waals surface area contributed by atoms with E-state index in [1.165, 1.54) is 18.9 Å². The van der Waals surface area contributed by atoms with Crippen molar-refractivity contribution in [3.05, 3.63) is 0 Å². The van der Waals surface area contributed by atoms with E-state index in [0.29, 0.717) is 0 Å². The molecular weight excluding hydrogens is 154 g/mol. The summed E-state index contributed by atoms with van der Waals surface area (Å²) in [6, 6.07) is 1.24. The van der Waals surface area contributed by atoms with Crippen LogP contribution in [-0.2, 0) is 4.84 Å². The molecule has 11 heavy (non-hydrogen) atoms. The lowest BCUT2D eigenvalue weighted by Gasteiger charge is -2.08. The van der Waals surface area contributed by atoms with E-state index in [2.05, 4.69) is 25.6 Å². The van der Waals surface area contributed by atoms with Crippen molar-refractivity contribution in [2.75, 3.05) is 7.11 Å². The highest BCUT2D eigenvalue weighted by Gasteiger charge is 2.09. The maximum Gasteiger partial charge on any atom is 0.183 e. The summed E-state index contributed by atoms with van der Waals surface area (Å²) >= 11 is 0. The highest BCUT2D eigenvalue weighted by atomic mass is 28.2. The minimum Gasteiger partial charge on any atom is -0.410 e. The second-order valence-electron chi connectivity index (χ2n) is 2.82. The topological polar surface area (TPSA) is 21.6 Å². The van der Waals surface area contributed by atoms with Gasteiger partial charge in [-0.1, -0.05) is 33.6 Å². The standard InChI is InChI=1S/C8H19NOSi/c1-5-7-11(9-10-4)8(3)6-2/h8H,5-7H2,1-4H3. The van der Waals surface area contributed by atoms with Gasteiger partial charge in [-0.25, -0.2) is 0 Å². The molecule has 3 heteroatoms. The summed E-state index contributed by atoms with van der Waals surface area (Å²) in [6.07, 6.45) is 2.45. The Bertz CT molecular complexity index is 125. The first kappa shape index (κ1) is 10.8. The van der Waals surface area contributed by atoms with Gasteiger partial charge in [0, 0.05) is 0 Å². The molecule has 0 spiro atoms. The maximum absolute atomic E-state index is 4.85. The van der Waals surface area contributed by atoms with Gasteiger partial charge in [0.1, 0.15) is 7.11 Å². The first-order chi connectivity index (χ1) is 5.26. The van der Waals surface area contributed by atoms with Gasteiger partial charge in [0.15, 0.2) is 8.59 Å². The average Bonchev–Trinajstić information content (AvgIpc) is 2.03. The molecule has 0 fully saturated rings. The van der Waals surface area contributed by atoms with E-state index in [-0.39, 0.29) is 0 Å². The van der Waals surface area contributed by atoms with Crippen LogP contribution in [0.4, 0.5) is 0 Å². The van der Waals surface area contributed by atoms with Gasteiger partial charge in [0.05, 0.1) is 0 Å². The number of rotatable bonds is 5. The average molecular weight is 173 g/mol. The van der Waals surface area contributed by atoms with Crippen molar-refractivity contribution in [1.29, 1.82) is 0 Å². The van der Waals surface area contributed by atoms with Crippen LogP contribution in [0.3, 0.4) is 0 Å². The molecule has 0 radical (unpaired) electrons. The highest BCUT2D eigenvalue weighted by molar-refractivity contribution is 6.48. The molecule has 0 aliphatic heterocycles. The predicted octanol–water partition coefficient (Wildman–Crippen LogP) is 3.02. The second-order valence-corrected chi connectivity index (χ2v) is 5.48. The molecule has 0 aromatic heterocycles. The normalized spacial score (nSPS) is 14.7. The zero-order chi connectivity index (χ0) is 8.69. The fraction of sp³-hybridized carbons (Fsp3) is 1.00. The van der Waals surface area contributed by atoms with Crippen LogP contribution >= 0.6 is 0 Å². The van der Waals surface area contributed by atoms with E-state index in [4.69, 9.17) is 4.84 Å². The summed E-state index contributed by atoms with van der Waals surface area (Å²) in [5.41, 5.74) is 0.750. The van der Waals surface area contributed by atoms with E-state index in [1.54, 1.807) is 7.11 Å². The van der Waals surface area contributed by atoms with Crippen molar-refractivity contribution in [2.45, 2.75) is 45.2 Å². The maximum atomic E-state index is 4.85. The van der Waals surface area contributed by atoms with Gasteiger partial charge >= 0.3 is 0 Å². The molecule has 0 N–H and O–H groups in total. The van der Waals surface area contributed by atoms with E-state index in [0.717, 1.165) is 5.54 Å². The van der Waals surface area contributed by atoms with Crippen LogP contribution in [0.2, 0.25) is 11.6 Å². The molecule has 2 nitrogen and oxygen atoms in total. The van der Waals surface area contributed by atoms with Crippen LogP contribution in [0.5, 0.6) is 0 Å². The Labute approximate surface area is 71.3 Å². The molecule has 0 aromatic rings. The predicted molar refractivity (Wildman–Crippen MR) is 50.0 cm³/mol. The lowest BCUT2D eigenvalue weighted by molar-refractivity contribution is 0.215. The van der Waals surface area contributed by atoms with Crippen LogP contribution in [0.25, 0.3) is 0 Å². The Kier molecular flexibility index (Phi) is 6.41. The molecule has 0 saturated heterocycles. The van der Waals surface area contributed by atoms with Gasteiger partial charge in [0.2, 0.25) is 0 Å². The largest absolute Gasteiger partial charge is 0.410 e. The van der Waals surface area contributed by atoms with Crippen molar-refractivity contribution >= 4 is 8.59 Å². The lowest BCUT2D eigenvalue weighted by Crippen LogP contribution is -2.07. The van der Waals surface area contributed by atoms with Crippen LogP contribution in [-0.4, -0.2) is 15.7 Å². The number of nitrogens with zero attached hydrogens (tertiary/aromatic N) is 1. The van der Waals surface area contributed by atoms with Gasteiger partial charge in [-0.3, -0.25) is 0 Å². The fourth-order valence-corrected chi connectivity index (χ4v) is 2.97. The molecule has 0 aliphatic rings. The summed E-state index contributed by atoms with van der Waals surface area (Å²) in [7, 11) is 1.08. The Morgan fingerprint density at radius 3 is 2.45 bits per heavy atom. The highest BCUT2D eigenvalue weighted by Crippen LogP contribution is 2.14. The van der Waals surface area contributed by atoms with Gasteiger partial charge in [-0.15, -0.1) is 0 Å². The summed E-state index contributed by atoms with van der Waals surface area (Å²) in [5.74, 6) is 0. The van der Waals surface area contributed by atoms with Gasteiger partial charge in [0.25, 0.3) is 0 Å². The third kappa shape index (κ3) is 4.30. The van der Waals surface area contributed by atoms with E-state index in [9.17, 15) is 0 Å². The molecule has 0 saturated carbocycles. The summed E-state index contributed by atoms with van der Waals surface area (Å²) in [6.45, 7) is 6.70. The molecule has 0 bridgehead atoms. The molecular formula is C8H19NOSi. The Hall–Kier alpha value is -0.183. The van der Waals surface area contributed by atoms with E-state index in [1.807, 2.05) is 0 Å². The minimum atomic E-state index is -0.572. The summed E-state index contributed by atoms with van der Waals surface area (Å²) < 4.78 is 0. The fourth-order valence-electron chi connectivity index (χ4n) is 0.991. The quantitative estimate of drug-likeness (QED) is 0.462. The number of hydrogen-bond acceptors (Lipinski definition) is 2. The van der Waals surface area contributed by atoms with Gasteiger partial charge in [-0.2, -0.15) is 4.80 Å². The van der Waals surface area contributed by atoms with Crippen molar-refractivity contribution in [3.63, 3.8) is 0 Å². The Morgan fingerprint density at radius 1 is 1.45 bits per heavy atom. The van der Waals surface area contributed by atoms with Crippen molar-refractivity contribution in [3.8, 4) is 0 Å². The summed E-state index contributed by atoms with van der Waals surface area (Å²) in [4.78, 5) is 9.04. The lowest BCUT2D eigenvalue weighted by atomic mass is 10.4.